The largest absolute Gasteiger partial charge is 0.344 e. The number of hydrogen-bond acceptors (Lipinski definition) is 4. The van der Waals surface area contributed by atoms with Gasteiger partial charge in [0.1, 0.15) is 0 Å². The van der Waals surface area contributed by atoms with Gasteiger partial charge in [-0.1, -0.05) is 30.3 Å². The Morgan fingerprint density at radius 1 is 1.15 bits per heavy atom. The van der Waals surface area contributed by atoms with Crippen LogP contribution in [-0.2, 0) is 6.54 Å². The molecule has 2 aliphatic rings. The van der Waals surface area contributed by atoms with Crippen molar-refractivity contribution in [1.82, 2.24) is 14.7 Å². The number of likely N-dealkylation sites (N-methyl/N-ethyl adjacent to an activating group) is 1. The molecule has 0 N–H and O–H groups in total. The molecule has 108 valence electrons. The van der Waals surface area contributed by atoms with Crippen LogP contribution in [0.4, 0.5) is 0 Å². The fourth-order valence-corrected chi connectivity index (χ4v) is 3.15. The molecule has 1 saturated heterocycles. The van der Waals surface area contributed by atoms with Gasteiger partial charge in [-0.2, -0.15) is 0 Å². The van der Waals surface area contributed by atoms with Gasteiger partial charge >= 0.3 is 0 Å². The van der Waals surface area contributed by atoms with E-state index in [4.69, 9.17) is 0 Å². The van der Waals surface area contributed by atoms with Gasteiger partial charge in [-0.05, 0) is 12.5 Å². The van der Waals surface area contributed by atoms with Crippen molar-refractivity contribution in [2.75, 3.05) is 39.8 Å². The summed E-state index contributed by atoms with van der Waals surface area (Å²) >= 11 is 0. The van der Waals surface area contributed by atoms with E-state index in [1.165, 1.54) is 11.5 Å². The zero-order chi connectivity index (χ0) is 13.9. The molecule has 1 aromatic carbocycles. The van der Waals surface area contributed by atoms with E-state index in [-0.39, 0.29) is 0 Å². The third kappa shape index (κ3) is 2.80. The molecule has 0 aliphatic carbocycles. The maximum absolute atomic E-state index is 4.65. The van der Waals surface area contributed by atoms with Gasteiger partial charge in [0.25, 0.3) is 0 Å². The summed E-state index contributed by atoms with van der Waals surface area (Å²) in [6.45, 7) is 8.69. The summed E-state index contributed by atoms with van der Waals surface area (Å²) in [5, 5.41) is 0. The van der Waals surface area contributed by atoms with Gasteiger partial charge in [-0.3, -0.25) is 9.89 Å². The predicted molar refractivity (Wildman–Crippen MR) is 82.8 cm³/mol. The number of nitrogens with zero attached hydrogens (tertiary/aromatic N) is 4. The fourth-order valence-electron chi connectivity index (χ4n) is 3.15. The van der Waals surface area contributed by atoms with Crippen LogP contribution in [0, 0.1) is 0 Å². The highest BCUT2D eigenvalue weighted by Gasteiger charge is 2.29. The Morgan fingerprint density at radius 2 is 1.95 bits per heavy atom. The average Bonchev–Trinajstić information content (AvgIpc) is 2.86. The lowest BCUT2D eigenvalue weighted by atomic mass is 10.1. The van der Waals surface area contributed by atoms with E-state index in [0.29, 0.717) is 6.04 Å². The summed E-state index contributed by atoms with van der Waals surface area (Å²) in [5.41, 5.74) is 1.41. The summed E-state index contributed by atoms with van der Waals surface area (Å²) in [5.74, 6) is 1.19. The van der Waals surface area contributed by atoms with Gasteiger partial charge in [0.05, 0.1) is 6.54 Å². The second-order valence-electron chi connectivity index (χ2n) is 5.87. The normalized spacial score (nSPS) is 24.1. The van der Waals surface area contributed by atoms with E-state index in [2.05, 4.69) is 64.0 Å². The molecule has 1 unspecified atom stereocenters. The van der Waals surface area contributed by atoms with Gasteiger partial charge in [0, 0.05) is 45.8 Å². The molecule has 4 nitrogen and oxygen atoms in total. The van der Waals surface area contributed by atoms with Crippen molar-refractivity contribution in [2.45, 2.75) is 19.5 Å². The first kappa shape index (κ1) is 13.4. The molecule has 2 heterocycles. The summed E-state index contributed by atoms with van der Waals surface area (Å²) in [6, 6.07) is 11.3. The smallest absolute Gasteiger partial charge is 0.196 e. The molecule has 0 spiro atoms. The van der Waals surface area contributed by atoms with Crippen molar-refractivity contribution in [1.29, 1.82) is 0 Å². The van der Waals surface area contributed by atoms with Crippen molar-refractivity contribution in [3.8, 4) is 0 Å². The molecule has 0 saturated carbocycles. The highest BCUT2D eigenvalue weighted by Crippen LogP contribution is 2.16. The van der Waals surface area contributed by atoms with Crippen LogP contribution in [0.2, 0.25) is 0 Å². The second-order valence-corrected chi connectivity index (χ2v) is 5.87. The standard InChI is InChI=1S/C16H24N4/c1-14-12-19(13-15-6-4-3-5-7-15)10-11-20(14)16-17-8-9-18(16)2/h3-7,14H,8-13H2,1-2H3. The number of piperazine rings is 1. The number of benzene rings is 1. The van der Waals surface area contributed by atoms with Gasteiger partial charge < -0.3 is 9.80 Å². The Morgan fingerprint density at radius 3 is 2.60 bits per heavy atom. The summed E-state index contributed by atoms with van der Waals surface area (Å²) < 4.78 is 0. The van der Waals surface area contributed by atoms with Crippen LogP contribution in [0.1, 0.15) is 12.5 Å². The first-order chi connectivity index (χ1) is 9.74. The van der Waals surface area contributed by atoms with Gasteiger partial charge in [-0.15, -0.1) is 0 Å². The lowest BCUT2D eigenvalue weighted by Crippen LogP contribution is -2.56. The molecule has 2 aliphatic heterocycles. The first-order valence-corrected chi connectivity index (χ1v) is 7.52. The van der Waals surface area contributed by atoms with Crippen LogP contribution >= 0.6 is 0 Å². The third-order valence-electron chi connectivity index (χ3n) is 4.25. The molecule has 0 amide bonds. The van der Waals surface area contributed by atoms with Crippen LogP contribution in [0.25, 0.3) is 0 Å². The Labute approximate surface area is 121 Å². The van der Waals surface area contributed by atoms with Crippen LogP contribution < -0.4 is 0 Å². The van der Waals surface area contributed by atoms with Crippen molar-refractivity contribution < 1.29 is 0 Å². The number of aliphatic imine (C=N–C) groups is 1. The fraction of sp³-hybridized carbons (Fsp3) is 0.562. The molecule has 3 rings (SSSR count). The predicted octanol–water partition coefficient (Wildman–Crippen LogP) is 1.49. The van der Waals surface area contributed by atoms with Crippen LogP contribution in [-0.4, -0.2) is 66.5 Å². The molecule has 0 aromatic heterocycles. The Balaban J connectivity index is 1.59. The second kappa shape index (κ2) is 5.83. The van der Waals surface area contributed by atoms with E-state index in [1.54, 1.807) is 0 Å². The molecule has 1 fully saturated rings. The van der Waals surface area contributed by atoms with Crippen molar-refractivity contribution in [3.63, 3.8) is 0 Å². The summed E-state index contributed by atoms with van der Waals surface area (Å²) in [4.78, 5) is 11.9. The topological polar surface area (TPSA) is 22.1 Å². The number of hydrogen-bond donors (Lipinski definition) is 0. The summed E-state index contributed by atoms with van der Waals surface area (Å²) in [7, 11) is 2.15. The molecule has 0 bridgehead atoms. The Kier molecular flexibility index (Phi) is 3.92. The Hall–Kier alpha value is -1.55. The first-order valence-electron chi connectivity index (χ1n) is 7.52. The minimum Gasteiger partial charge on any atom is -0.344 e. The number of guanidine groups is 1. The SMILES string of the molecule is CC1CN(Cc2ccccc2)CCN1C1=NCCN1C. The lowest BCUT2D eigenvalue weighted by molar-refractivity contribution is 0.122. The monoisotopic (exact) mass is 272 g/mol. The van der Waals surface area contributed by atoms with Crippen LogP contribution in [0.5, 0.6) is 0 Å². The maximum Gasteiger partial charge on any atom is 0.196 e. The highest BCUT2D eigenvalue weighted by molar-refractivity contribution is 5.81. The van der Waals surface area contributed by atoms with Crippen LogP contribution in [0.3, 0.4) is 0 Å². The van der Waals surface area contributed by atoms with Crippen molar-refractivity contribution >= 4 is 5.96 Å². The van der Waals surface area contributed by atoms with Gasteiger partial charge in [-0.25, -0.2) is 0 Å². The van der Waals surface area contributed by atoms with E-state index < -0.39 is 0 Å². The van der Waals surface area contributed by atoms with Gasteiger partial charge in [0.2, 0.25) is 0 Å². The third-order valence-corrected chi connectivity index (χ3v) is 4.25. The van der Waals surface area contributed by atoms with Crippen molar-refractivity contribution in [2.24, 2.45) is 4.99 Å². The molecular formula is C16H24N4. The zero-order valence-electron chi connectivity index (χ0n) is 12.5. The lowest BCUT2D eigenvalue weighted by Gasteiger charge is -2.42. The molecule has 20 heavy (non-hydrogen) atoms. The Bertz CT molecular complexity index is 471. The molecule has 0 radical (unpaired) electrons. The average molecular weight is 272 g/mol. The molecule has 1 atom stereocenters. The van der Waals surface area contributed by atoms with E-state index in [0.717, 1.165) is 39.3 Å². The highest BCUT2D eigenvalue weighted by atomic mass is 15.4. The quantitative estimate of drug-likeness (QED) is 0.814. The van der Waals surface area contributed by atoms with Gasteiger partial charge in [0.15, 0.2) is 5.96 Å². The van der Waals surface area contributed by atoms with E-state index in [9.17, 15) is 0 Å². The molecular weight excluding hydrogens is 248 g/mol. The summed E-state index contributed by atoms with van der Waals surface area (Å²) in [6.07, 6.45) is 0. The molecule has 4 heteroatoms. The van der Waals surface area contributed by atoms with Crippen LogP contribution in [0.15, 0.2) is 35.3 Å². The minimum absolute atomic E-state index is 0.534. The van der Waals surface area contributed by atoms with Crippen molar-refractivity contribution in [3.05, 3.63) is 35.9 Å². The zero-order valence-corrected chi connectivity index (χ0v) is 12.5. The van der Waals surface area contributed by atoms with E-state index >= 15 is 0 Å². The molecule has 1 aromatic rings. The minimum atomic E-state index is 0.534. The maximum atomic E-state index is 4.65. The number of rotatable bonds is 2. The van der Waals surface area contributed by atoms with E-state index in [1.807, 2.05) is 0 Å².